The van der Waals surface area contributed by atoms with Crippen molar-refractivity contribution >= 4 is 34.8 Å². The maximum atomic E-state index is 12.8. The summed E-state index contributed by atoms with van der Waals surface area (Å²) in [6, 6.07) is 13.1. The number of nitrogens with zero attached hydrogens (tertiary/aromatic N) is 1. The number of hydrogen-bond donors (Lipinski definition) is 1. The minimum Gasteiger partial charge on any atom is -0.349 e. The number of aryl methyl sites for hydroxylation is 3. The fraction of sp³-hybridized carbons (Fsp3) is 0.158. The van der Waals surface area contributed by atoms with Crippen LogP contribution in [0.25, 0.3) is 0 Å². The Kier molecular flexibility index (Phi) is 4.16. The van der Waals surface area contributed by atoms with Crippen LogP contribution in [0.5, 0.6) is 0 Å². The third-order valence-corrected chi connectivity index (χ3v) is 4.39. The number of carbonyl (C=O) groups excluding carboxylic acids is 2. The topological polar surface area (TPSA) is 49.4 Å². The lowest BCUT2D eigenvalue weighted by Gasteiger charge is -2.18. The molecule has 0 aliphatic carbocycles. The molecular formula is C19H17ClN2O2. The maximum absolute atomic E-state index is 12.8. The molecule has 0 saturated carbocycles. The molecule has 3 rings (SSSR count). The van der Waals surface area contributed by atoms with Crippen LogP contribution in [-0.4, -0.2) is 11.8 Å². The molecule has 2 aromatic carbocycles. The zero-order chi connectivity index (χ0) is 17.4. The molecule has 1 N–H and O–H groups in total. The van der Waals surface area contributed by atoms with Crippen LogP contribution in [0, 0.1) is 20.8 Å². The van der Waals surface area contributed by atoms with Gasteiger partial charge in [-0.25, -0.2) is 4.90 Å². The van der Waals surface area contributed by atoms with Crippen molar-refractivity contribution in [2.24, 2.45) is 0 Å². The van der Waals surface area contributed by atoms with E-state index >= 15 is 0 Å². The molecule has 0 bridgehead atoms. The molecule has 122 valence electrons. The number of nitrogens with one attached hydrogen (secondary N) is 1. The van der Waals surface area contributed by atoms with E-state index in [1.807, 2.05) is 63.2 Å². The Labute approximate surface area is 145 Å². The standard InChI is InChI=1S/C19H17ClN2O2/c1-11-8-9-13(3)15(10-11)22-18(23)16(20)17(19(22)24)21-14-7-5-4-6-12(14)2/h4-10,21H,1-3H3. The van der Waals surface area contributed by atoms with Gasteiger partial charge >= 0.3 is 0 Å². The number of benzene rings is 2. The molecule has 24 heavy (non-hydrogen) atoms. The van der Waals surface area contributed by atoms with Crippen LogP contribution in [0.4, 0.5) is 11.4 Å². The Bertz CT molecular complexity index is 887. The normalized spacial score (nSPS) is 14.6. The van der Waals surface area contributed by atoms with Gasteiger partial charge in [-0.2, -0.15) is 0 Å². The Balaban J connectivity index is 1.99. The van der Waals surface area contributed by atoms with Crippen LogP contribution >= 0.6 is 11.6 Å². The molecule has 1 aliphatic heterocycles. The van der Waals surface area contributed by atoms with E-state index in [1.54, 1.807) is 0 Å². The zero-order valence-electron chi connectivity index (χ0n) is 13.7. The van der Waals surface area contributed by atoms with Crippen molar-refractivity contribution in [1.29, 1.82) is 0 Å². The van der Waals surface area contributed by atoms with Crippen LogP contribution in [-0.2, 0) is 9.59 Å². The van der Waals surface area contributed by atoms with Crippen molar-refractivity contribution < 1.29 is 9.59 Å². The highest BCUT2D eigenvalue weighted by molar-refractivity contribution is 6.53. The number of rotatable bonds is 3. The lowest BCUT2D eigenvalue weighted by atomic mass is 10.1. The van der Waals surface area contributed by atoms with E-state index in [2.05, 4.69) is 5.32 Å². The molecule has 0 aromatic heterocycles. The van der Waals surface area contributed by atoms with Crippen LogP contribution < -0.4 is 10.2 Å². The summed E-state index contributed by atoms with van der Waals surface area (Å²) in [5.74, 6) is -0.951. The third kappa shape index (κ3) is 2.69. The molecular weight excluding hydrogens is 324 g/mol. The second kappa shape index (κ2) is 6.13. The summed E-state index contributed by atoms with van der Waals surface area (Å²) in [7, 11) is 0. The molecule has 0 radical (unpaired) electrons. The predicted octanol–water partition coefficient (Wildman–Crippen LogP) is 4.05. The smallest absolute Gasteiger partial charge is 0.283 e. The lowest BCUT2D eigenvalue weighted by Crippen LogP contribution is -2.33. The van der Waals surface area contributed by atoms with Gasteiger partial charge in [-0.3, -0.25) is 9.59 Å². The number of carbonyl (C=O) groups is 2. The predicted molar refractivity (Wildman–Crippen MR) is 96.1 cm³/mol. The van der Waals surface area contributed by atoms with Crippen LogP contribution in [0.3, 0.4) is 0 Å². The van der Waals surface area contributed by atoms with Gasteiger partial charge in [0.1, 0.15) is 10.7 Å². The van der Waals surface area contributed by atoms with Crippen LogP contribution in [0.1, 0.15) is 16.7 Å². The average molecular weight is 341 g/mol. The highest BCUT2D eigenvalue weighted by Gasteiger charge is 2.39. The van der Waals surface area contributed by atoms with Gasteiger partial charge in [0.2, 0.25) is 0 Å². The average Bonchev–Trinajstić information content (AvgIpc) is 2.76. The molecule has 4 nitrogen and oxygen atoms in total. The summed E-state index contributed by atoms with van der Waals surface area (Å²) in [4.78, 5) is 26.5. The van der Waals surface area contributed by atoms with Gasteiger partial charge in [-0.15, -0.1) is 0 Å². The first-order valence-electron chi connectivity index (χ1n) is 7.58. The molecule has 5 heteroatoms. The monoisotopic (exact) mass is 340 g/mol. The first-order chi connectivity index (χ1) is 11.4. The third-order valence-electron chi connectivity index (χ3n) is 4.04. The quantitative estimate of drug-likeness (QED) is 0.858. The molecule has 0 fully saturated rings. The Morgan fingerprint density at radius 3 is 2.33 bits per heavy atom. The highest BCUT2D eigenvalue weighted by atomic mass is 35.5. The van der Waals surface area contributed by atoms with Crippen molar-refractivity contribution in [2.75, 3.05) is 10.2 Å². The number of anilines is 2. The minimum atomic E-state index is -0.508. The van der Waals surface area contributed by atoms with Crippen molar-refractivity contribution in [3.8, 4) is 0 Å². The Morgan fingerprint density at radius 2 is 1.62 bits per heavy atom. The molecule has 0 spiro atoms. The van der Waals surface area contributed by atoms with E-state index in [0.29, 0.717) is 5.69 Å². The number of halogens is 1. The van der Waals surface area contributed by atoms with Crippen molar-refractivity contribution in [3.05, 3.63) is 69.9 Å². The largest absolute Gasteiger partial charge is 0.349 e. The van der Waals surface area contributed by atoms with Gasteiger partial charge in [-0.05, 0) is 49.6 Å². The molecule has 0 saturated heterocycles. The number of hydrogen-bond acceptors (Lipinski definition) is 3. The molecule has 0 unspecified atom stereocenters. The first kappa shape index (κ1) is 16.3. The van der Waals surface area contributed by atoms with Crippen molar-refractivity contribution in [1.82, 2.24) is 0 Å². The van der Waals surface area contributed by atoms with Crippen molar-refractivity contribution in [3.63, 3.8) is 0 Å². The molecule has 2 amide bonds. The van der Waals surface area contributed by atoms with E-state index in [0.717, 1.165) is 27.3 Å². The molecule has 2 aromatic rings. The second-order valence-electron chi connectivity index (χ2n) is 5.86. The summed E-state index contributed by atoms with van der Waals surface area (Å²) in [5, 5.41) is 2.92. The summed E-state index contributed by atoms with van der Waals surface area (Å²) in [5.41, 5.74) is 4.17. The fourth-order valence-corrected chi connectivity index (χ4v) is 2.85. The van der Waals surface area contributed by atoms with E-state index in [-0.39, 0.29) is 10.7 Å². The van der Waals surface area contributed by atoms with Gasteiger partial charge < -0.3 is 5.32 Å². The fourth-order valence-electron chi connectivity index (χ4n) is 2.64. The highest BCUT2D eigenvalue weighted by Crippen LogP contribution is 2.32. The van der Waals surface area contributed by atoms with Crippen LogP contribution in [0.2, 0.25) is 0 Å². The van der Waals surface area contributed by atoms with Crippen LogP contribution in [0.15, 0.2) is 53.2 Å². The Morgan fingerprint density at radius 1 is 0.917 bits per heavy atom. The number of para-hydroxylation sites is 1. The lowest BCUT2D eigenvalue weighted by molar-refractivity contribution is -0.120. The summed E-state index contributed by atoms with van der Waals surface area (Å²) < 4.78 is 0. The van der Waals surface area contributed by atoms with Gasteiger partial charge in [-0.1, -0.05) is 41.9 Å². The molecule has 0 atom stereocenters. The number of imide groups is 1. The summed E-state index contributed by atoms with van der Waals surface area (Å²) in [6.45, 7) is 5.69. The van der Waals surface area contributed by atoms with Gasteiger partial charge in [0.15, 0.2) is 0 Å². The number of amides is 2. The van der Waals surface area contributed by atoms with Gasteiger partial charge in [0.05, 0.1) is 5.69 Å². The summed E-state index contributed by atoms with van der Waals surface area (Å²) in [6.07, 6.45) is 0. The first-order valence-corrected chi connectivity index (χ1v) is 7.96. The summed E-state index contributed by atoms with van der Waals surface area (Å²) >= 11 is 6.17. The van der Waals surface area contributed by atoms with E-state index in [1.165, 1.54) is 0 Å². The zero-order valence-corrected chi connectivity index (χ0v) is 14.4. The maximum Gasteiger partial charge on any atom is 0.283 e. The van der Waals surface area contributed by atoms with E-state index in [9.17, 15) is 9.59 Å². The molecule has 1 heterocycles. The van der Waals surface area contributed by atoms with E-state index in [4.69, 9.17) is 11.6 Å². The SMILES string of the molecule is Cc1ccc(C)c(N2C(=O)C(Cl)=C(Nc3ccccc3C)C2=O)c1. The van der Waals surface area contributed by atoms with Crippen molar-refractivity contribution in [2.45, 2.75) is 20.8 Å². The second-order valence-corrected chi connectivity index (χ2v) is 6.24. The van der Waals surface area contributed by atoms with Gasteiger partial charge in [0.25, 0.3) is 11.8 Å². The van der Waals surface area contributed by atoms with Gasteiger partial charge in [0, 0.05) is 5.69 Å². The minimum absolute atomic E-state index is 0.0934. The van der Waals surface area contributed by atoms with E-state index < -0.39 is 11.8 Å². The molecule has 1 aliphatic rings. The Hall–Kier alpha value is -2.59.